The van der Waals surface area contributed by atoms with E-state index in [4.69, 9.17) is 4.74 Å². The van der Waals surface area contributed by atoms with E-state index in [1.54, 1.807) is 0 Å². The van der Waals surface area contributed by atoms with E-state index < -0.39 is 6.09 Å². The van der Waals surface area contributed by atoms with E-state index in [9.17, 15) is 9.59 Å². The summed E-state index contributed by atoms with van der Waals surface area (Å²) in [4.78, 5) is 26.1. The van der Waals surface area contributed by atoms with Gasteiger partial charge in [-0.1, -0.05) is 0 Å². The van der Waals surface area contributed by atoms with Gasteiger partial charge in [-0.05, 0) is 0 Å². The van der Waals surface area contributed by atoms with E-state index in [2.05, 4.69) is 19.1 Å². The Labute approximate surface area is 160 Å². The molecular formula is C21H23NO3Se. The van der Waals surface area contributed by atoms with Crippen LogP contribution >= 0.6 is 0 Å². The Balaban J connectivity index is 1.55. The summed E-state index contributed by atoms with van der Waals surface area (Å²) >= 11 is 0.343. The summed E-state index contributed by atoms with van der Waals surface area (Å²) in [6.07, 6.45) is 0.520. The van der Waals surface area contributed by atoms with Crippen molar-refractivity contribution in [3.05, 3.63) is 66.2 Å². The maximum atomic E-state index is 12.7. The quantitative estimate of drug-likeness (QED) is 0.652. The summed E-state index contributed by atoms with van der Waals surface area (Å²) in [5, 5.41) is 0.981. The van der Waals surface area contributed by atoms with Crippen LogP contribution in [-0.4, -0.2) is 44.5 Å². The van der Waals surface area contributed by atoms with E-state index in [0.29, 0.717) is 27.8 Å². The van der Waals surface area contributed by atoms with Crippen molar-refractivity contribution in [1.29, 1.82) is 0 Å². The van der Waals surface area contributed by atoms with Crippen LogP contribution in [-0.2, 0) is 16.0 Å². The predicted octanol–water partition coefficient (Wildman–Crippen LogP) is 3.05. The molecule has 5 heteroatoms. The van der Waals surface area contributed by atoms with Gasteiger partial charge in [0.25, 0.3) is 0 Å². The number of hydrogen-bond acceptors (Lipinski definition) is 3. The van der Waals surface area contributed by atoms with Crippen molar-refractivity contribution in [1.82, 2.24) is 4.90 Å². The zero-order chi connectivity index (χ0) is 18.4. The first kappa shape index (κ1) is 18.7. The summed E-state index contributed by atoms with van der Waals surface area (Å²) in [6.45, 7) is 2.36. The molecule has 1 fully saturated rings. The first-order chi connectivity index (χ1) is 12.6. The first-order valence-electron chi connectivity index (χ1n) is 8.84. The first-order valence-corrected chi connectivity index (χ1v) is 10.9. The number of nitrogens with zero attached hydrogens (tertiary/aromatic N) is 1. The van der Waals surface area contributed by atoms with Crippen LogP contribution in [0.15, 0.2) is 60.7 Å². The number of imide groups is 1. The van der Waals surface area contributed by atoms with Crippen molar-refractivity contribution in [2.45, 2.75) is 31.1 Å². The average molecular weight is 416 g/mol. The molecule has 2 amide bonds. The predicted molar refractivity (Wildman–Crippen MR) is 103 cm³/mol. The van der Waals surface area contributed by atoms with Gasteiger partial charge >= 0.3 is 161 Å². The van der Waals surface area contributed by atoms with Crippen LogP contribution in [0.4, 0.5) is 4.79 Å². The van der Waals surface area contributed by atoms with E-state index in [1.165, 1.54) is 9.36 Å². The van der Waals surface area contributed by atoms with Crippen LogP contribution < -0.4 is 4.46 Å². The van der Waals surface area contributed by atoms with E-state index in [1.807, 2.05) is 48.5 Å². The van der Waals surface area contributed by atoms with E-state index in [-0.39, 0.29) is 24.5 Å². The van der Waals surface area contributed by atoms with Crippen molar-refractivity contribution < 1.29 is 14.3 Å². The van der Waals surface area contributed by atoms with Gasteiger partial charge in [0.1, 0.15) is 0 Å². The standard InChI is InChI=1S/C21H23NO3Se/c1-16(15-26-19-10-6-3-7-11-19)12-20(23)22-18(14-25-21(22)24)13-17-8-4-2-5-9-17/h2-11,16,18H,12-15H2,1H3/t16?,18-/m0/s1. The van der Waals surface area contributed by atoms with Gasteiger partial charge in [-0.25, -0.2) is 0 Å². The molecule has 2 aromatic carbocycles. The summed E-state index contributed by atoms with van der Waals surface area (Å²) in [5.74, 6) is 0.123. The fraction of sp³-hybridized carbons (Fsp3) is 0.333. The van der Waals surface area contributed by atoms with E-state index in [0.717, 1.165) is 10.9 Å². The fourth-order valence-electron chi connectivity index (χ4n) is 3.01. The monoisotopic (exact) mass is 417 g/mol. The zero-order valence-corrected chi connectivity index (χ0v) is 16.5. The summed E-state index contributed by atoms with van der Waals surface area (Å²) in [7, 11) is 0. The van der Waals surface area contributed by atoms with Crippen LogP contribution in [0.5, 0.6) is 0 Å². The normalized spacial score (nSPS) is 17.8. The number of benzene rings is 2. The third-order valence-electron chi connectivity index (χ3n) is 4.34. The third-order valence-corrected chi connectivity index (χ3v) is 7.16. The van der Waals surface area contributed by atoms with Gasteiger partial charge in [0.15, 0.2) is 0 Å². The molecule has 0 radical (unpaired) electrons. The van der Waals surface area contributed by atoms with E-state index >= 15 is 0 Å². The van der Waals surface area contributed by atoms with Crippen LogP contribution in [0.25, 0.3) is 0 Å². The van der Waals surface area contributed by atoms with Gasteiger partial charge in [0, 0.05) is 0 Å². The number of ether oxygens (including phenoxy) is 1. The summed E-state index contributed by atoms with van der Waals surface area (Å²) < 4.78 is 6.49. The van der Waals surface area contributed by atoms with Crippen molar-refractivity contribution in [2.24, 2.45) is 5.92 Å². The molecule has 0 aliphatic carbocycles. The van der Waals surface area contributed by atoms with Crippen LogP contribution in [0.2, 0.25) is 5.32 Å². The molecule has 2 atom stereocenters. The molecule has 1 heterocycles. The Morgan fingerprint density at radius 2 is 1.81 bits per heavy atom. The van der Waals surface area contributed by atoms with Gasteiger partial charge in [0.05, 0.1) is 0 Å². The Morgan fingerprint density at radius 1 is 1.15 bits per heavy atom. The van der Waals surface area contributed by atoms with Crippen LogP contribution in [0.1, 0.15) is 18.9 Å². The summed E-state index contributed by atoms with van der Waals surface area (Å²) in [5.41, 5.74) is 1.11. The number of carbonyl (C=O) groups excluding carboxylic acids is 2. The van der Waals surface area contributed by atoms with Crippen LogP contribution in [0.3, 0.4) is 0 Å². The maximum absolute atomic E-state index is 12.7. The molecule has 2 aromatic rings. The summed E-state index contributed by atoms with van der Waals surface area (Å²) in [6, 6.07) is 20.1. The average Bonchev–Trinajstić information content (AvgIpc) is 3.02. The van der Waals surface area contributed by atoms with Crippen molar-refractivity contribution >= 4 is 31.4 Å². The second-order valence-corrected chi connectivity index (χ2v) is 8.91. The molecule has 0 bridgehead atoms. The molecule has 1 aliphatic rings. The Hall–Kier alpha value is -2.10. The molecule has 1 saturated heterocycles. The van der Waals surface area contributed by atoms with Gasteiger partial charge in [-0.2, -0.15) is 0 Å². The Morgan fingerprint density at radius 3 is 2.50 bits per heavy atom. The topological polar surface area (TPSA) is 46.6 Å². The van der Waals surface area contributed by atoms with Gasteiger partial charge in [-0.3, -0.25) is 0 Å². The molecule has 1 unspecified atom stereocenters. The molecule has 0 aromatic heterocycles. The molecule has 4 nitrogen and oxygen atoms in total. The van der Waals surface area contributed by atoms with Crippen LogP contribution in [0, 0.1) is 5.92 Å². The van der Waals surface area contributed by atoms with Crippen molar-refractivity contribution in [3.8, 4) is 0 Å². The number of amides is 2. The van der Waals surface area contributed by atoms with Crippen molar-refractivity contribution in [3.63, 3.8) is 0 Å². The number of cyclic esters (lactones) is 1. The second-order valence-electron chi connectivity index (χ2n) is 6.62. The molecule has 0 saturated carbocycles. The minimum atomic E-state index is -0.503. The fourth-order valence-corrected chi connectivity index (χ4v) is 4.99. The Bertz CT molecular complexity index is 735. The molecule has 26 heavy (non-hydrogen) atoms. The van der Waals surface area contributed by atoms with Crippen molar-refractivity contribution in [2.75, 3.05) is 6.61 Å². The van der Waals surface area contributed by atoms with Gasteiger partial charge < -0.3 is 0 Å². The molecule has 0 spiro atoms. The number of carbonyl (C=O) groups is 2. The molecule has 3 rings (SSSR count). The number of hydrogen-bond donors (Lipinski definition) is 0. The SMILES string of the molecule is CC(C[Se]c1ccccc1)CC(=O)N1C(=O)OC[C@@H]1Cc1ccccc1. The number of rotatable bonds is 7. The molecule has 136 valence electrons. The zero-order valence-electron chi connectivity index (χ0n) is 14.8. The van der Waals surface area contributed by atoms with Gasteiger partial charge in [0.2, 0.25) is 0 Å². The minimum absolute atomic E-state index is 0.121. The molecular weight excluding hydrogens is 393 g/mol. The Kier molecular flexibility index (Phi) is 6.48. The molecule has 1 aliphatic heterocycles. The second kappa shape index (κ2) is 9.02. The molecule has 0 N–H and O–H groups in total. The third kappa shape index (κ3) is 4.96. The van der Waals surface area contributed by atoms with Gasteiger partial charge in [-0.15, -0.1) is 0 Å².